The molecule has 0 bridgehead atoms. The zero-order valence-electron chi connectivity index (χ0n) is 15.3. The van der Waals surface area contributed by atoms with Gasteiger partial charge in [-0.15, -0.1) is 5.10 Å². The van der Waals surface area contributed by atoms with Crippen LogP contribution in [0.2, 0.25) is 0 Å². The van der Waals surface area contributed by atoms with Crippen LogP contribution in [-0.4, -0.2) is 35.1 Å². The molecule has 1 aromatic heterocycles. The van der Waals surface area contributed by atoms with Crippen LogP contribution in [0, 0.1) is 0 Å². The van der Waals surface area contributed by atoms with E-state index in [1.54, 1.807) is 31.0 Å². The molecule has 0 spiro atoms. The number of hydrogen-bond donors (Lipinski definition) is 1. The second-order valence-electron chi connectivity index (χ2n) is 5.92. The second-order valence-corrected chi connectivity index (χ2v) is 5.92. The Kier molecular flexibility index (Phi) is 5.06. The van der Waals surface area contributed by atoms with Gasteiger partial charge in [-0.25, -0.2) is 4.68 Å². The Morgan fingerprint density at radius 1 is 1.15 bits per heavy atom. The summed E-state index contributed by atoms with van der Waals surface area (Å²) in [6, 6.07) is 10.8. The van der Waals surface area contributed by atoms with Crippen molar-refractivity contribution >= 4 is 16.9 Å². The van der Waals surface area contributed by atoms with Crippen molar-refractivity contribution < 1.29 is 14.3 Å². The number of rotatable bonds is 6. The van der Waals surface area contributed by atoms with Crippen LogP contribution in [0.25, 0.3) is 11.0 Å². The Bertz CT molecular complexity index is 936. The maximum absolute atomic E-state index is 12.6. The number of aromatic nitrogens is 3. The predicted molar refractivity (Wildman–Crippen MR) is 98.6 cm³/mol. The van der Waals surface area contributed by atoms with Gasteiger partial charge in [0.2, 0.25) is 0 Å². The lowest BCUT2D eigenvalue weighted by Crippen LogP contribution is -2.26. The topological polar surface area (TPSA) is 78.3 Å². The molecule has 1 unspecified atom stereocenters. The number of carbonyl (C=O) groups excluding carboxylic acids is 1. The SMILES string of the molecule is CCn1nnc2cc(C(=O)NC(C)c3ccc(OC)c(OC)c3)ccc21. The fraction of sp³-hybridized carbons (Fsp3) is 0.316. The van der Waals surface area contributed by atoms with E-state index in [1.807, 2.05) is 38.1 Å². The van der Waals surface area contributed by atoms with Crippen molar-refractivity contribution in [1.29, 1.82) is 0 Å². The molecule has 1 heterocycles. The number of hydrogen-bond acceptors (Lipinski definition) is 5. The molecule has 136 valence electrons. The van der Waals surface area contributed by atoms with E-state index in [9.17, 15) is 4.79 Å². The van der Waals surface area contributed by atoms with Crippen molar-refractivity contribution in [3.63, 3.8) is 0 Å². The lowest BCUT2D eigenvalue weighted by atomic mass is 10.1. The lowest BCUT2D eigenvalue weighted by Gasteiger charge is -2.16. The summed E-state index contributed by atoms with van der Waals surface area (Å²) in [4.78, 5) is 12.6. The molecular formula is C19H22N4O3. The highest BCUT2D eigenvalue weighted by molar-refractivity contribution is 5.97. The highest BCUT2D eigenvalue weighted by Crippen LogP contribution is 2.30. The smallest absolute Gasteiger partial charge is 0.251 e. The van der Waals surface area contributed by atoms with Crippen LogP contribution in [0.3, 0.4) is 0 Å². The van der Waals surface area contributed by atoms with Crippen LogP contribution in [0.15, 0.2) is 36.4 Å². The molecule has 0 fully saturated rings. The number of ether oxygens (including phenoxy) is 2. The maximum atomic E-state index is 12.6. The van der Waals surface area contributed by atoms with Gasteiger partial charge in [-0.05, 0) is 49.7 Å². The molecule has 1 N–H and O–H groups in total. The minimum Gasteiger partial charge on any atom is -0.493 e. The van der Waals surface area contributed by atoms with Crippen molar-refractivity contribution in [2.45, 2.75) is 26.4 Å². The molecule has 0 aliphatic heterocycles. The van der Waals surface area contributed by atoms with Gasteiger partial charge in [-0.2, -0.15) is 0 Å². The van der Waals surface area contributed by atoms with Gasteiger partial charge < -0.3 is 14.8 Å². The molecule has 7 heteroatoms. The Balaban J connectivity index is 1.79. The first-order valence-corrected chi connectivity index (χ1v) is 8.43. The van der Waals surface area contributed by atoms with Gasteiger partial charge >= 0.3 is 0 Å². The molecule has 3 aromatic rings. The van der Waals surface area contributed by atoms with Crippen LogP contribution in [0.4, 0.5) is 0 Å². The van der Waals surface area contributed by atoms with E-state index in [0.29, 0.717) is 22.6 Å². The molecule has 7 nitrogen and oxygen atoms in total. The van der Waals surface area contributed by atoms with Gasteiger partial charge in [0.25, 0.3) is 5.91 Å². The van der Waals surface area contributed by atoms with Crippen LogP contribution in [-0.2, 0) is 6.54 Å². The van der Waals surface area contributed by atoms with E-state index in [1.165, 1.54) is 0 Å². The molecule has 0 saturated carbocycles. The van der Waals surface area contributed by atoms with Crippen LogP contribution < -0.4 is 14.8 Å². The monoisotopic (exact) mass is 354 g/mol. The zero-order chi connectivity index (χ0) is 18.7. The highest BCUT2D eigenvalue weighted by atomic mass is 16.5. The molecule has 3 rings (SSSR count). The first kappa shape index (κ1) is 17.7. The Morgan fingerprint density at radius 3 is 2.62 bits per heavy atom. The molecule has 0 saturated heterocycles. The molecule has 1 atom stereocenters. The summed E-state index contributed by atoms with van der Waals surface area (Å²) >= 11 is 0. The van der Waals surface area contributed by atoms with Gasteiger partial charge in [0.1, 0.15) is 5.52 Å². The summed E-state index contributed by atoms with van der Waals surface area (Å²) in [5, 5.41) is 11.2. The largest absolute Gasteiger partial charge is 0.493 e. The average Bonchev–Trinajstić information content (AvgIpc) is 3.09. The molecule has 26 heavy (non-hydrogen) atoms. The molecule has 0 radical (unpaired) electrons. The summed E-state index contributed by atoms with van der Waals surface area (Å²) in [5.41, 5.74) is 3.09. The van der Waals surface area contributed by atoms with Crippen molar-refractivity contribution in [2.24, 2.45) is 0 Å². The Morgan fingerprint density at radius 2 is 1.92 bits per heavy atom. The Labute approximate surface area is 151 Å². The van der Waals surface area contributed by atoms with Crippen molar-refractivity contribution in [3.8, 4) is 11.5 Å². The average molecular weight is 354 g/mol. The van der Waals surface area contributed by atoms with E-state index in [2.05, 4.69) is 15.6 Å². The van der Waals surface area contributed by atoms with E-state index in [4.69, 9.17) is 9.47 Å². The van der Waals surface area contributed by atoms with Gasteiger partial charge in [0, 0.05) is 12.1 Å². The number of nitrogens with one attached hydrogen (secondary N) is 1. The van der Waals surface area contributed by atoms with E-state index in [0.717, 1.165) is 17.6 Å². The van der Waals surface area contributed by atoms with Crippen molar-refractivity contribution in [2.75, 3.05) is 14.2 Å². The standard InChI is InChI=1S/C19H22N4O3/c1-5-23-16-8-6-14(10-15(16)21-22-23)19(24)20-12(2)13-7-9-17(25-3)18(11-13)26-4/h6-12H,5H2,1-4H3,(H,20,24). The zero-order valence-corrected chi connectivity index (χ0v) is 15.3. The van der Waals surface area contributed by atoms with Gasteiger partial charge in [0.05, 0.1) is 25.8 Å². The second kappa shape index (κ2) is 7.43. The molecule has 2 aromatic carbocycles. The first-order valence-electron chi connectivity index (χ1n) is 8.43. The van der Waals surface area contributed by atoms with Gasteiger partial charge in [0.15, 0.2) is 11.5 Å². The molecular weight excluding hydrogens is 332 g/mol. The van der Waals surface area contributed by atoms with Crippen molar-refractivity contribution in [3.05, 3.63) is 47.5 Å². The number of carbonyl (C=O) groups is 1. The minimum atomic E-state index is -0.190. The summed E-state index contributed by atoms with van der Waals surface area (Å²) in [5.74, 6) is 1.11. The quantitative estimate of drug-likeness (QED) is 0.736. The predicted octanol–water partition coefficient (Wildman–Crippen LogP) is 2.96. The third kappa shape index (κ3) is 3.33. The number of nitrogens with zero attached hydrogens (tertiary/aromatic N) is 3. The third-order valence-electron chi connectivity index (χ3n) is 4.33. The van der Waals surface area contributed by atoms with Crippen LogP contribution in [0.1, 0.15) is 35.8 Å². The van der Waals surface area contributed by atoms with E-state index in [-0.39, 0.29) is 11.9 Å². The number of fused-ring (bicyclic) bond motifs is 1. The number of aryl methyl sites for hydroxylation is 1. The number of methoxy groups -OCH3 is 2. The summed E-state index contributed by atoms with van der Waals surface area (Å²) in [6.45, 7) is 4.66. The fourth-order valence-corrected chi connectivity index (χ4v) is 2.83. The summed E-state index contributed by atoms with van der Waals surface area (Å²) < 4.78 is 12.4. The van der Waals surface area contributed by atoms with E-state index < -0.39 is 0 Å². The third-order valence-corrected chi connectivity index (χ3v) is 4.33. The molecule has 0 aliphatic rings. The fourth-order valence-electron chi connectivity index (χ4n) is 2.83. The van der Waals surface area contributed by atoms with Gasteiger partial charge in [-0.3, -0.25) is 4.79 Å². The van der Waals surface area contributed by atoms with Gasteiger partial charge in [-0.1, -0.05) is 11.3 Å². The lowest BCUT2D eigenvalue weighted by molar-refractivity contribution is 0.0940. The minimum absolute atomic E-state index is 0.166. The highest BCUT2D eigenvalue weighted by Gasteiger charge is 2.15. The van der Waals surface area contributed by atoms with E-state index >= 15 is 0 Å². The summed E-state index contributed by atoms with van der Waals surface area (Å²) in [7, 11) is 3.18. The van der Waals surface area contributed by atoms with Crippen molar-refractivity contribution in [1.82, 2.24) is 20.3 Å². The first-order chi connectivity index (χ1) is 12.6. The normalized spacial score (nSPS) is 12.0. The molecule has 1 amide bonds. The molecule has 0 aliphatic carbocycles. The van der Waals surface area contributed by atoms with Crippen LogP contribution >= 0.6 is 0 Å². The maximum Gasteiger partial charge on any atom is 0.251 e. The van der Waals surface area contributed by atoms with Crippen LogP contribution in [0.5, 0.6) is 11.5 Å². The number of amides is 1. The Hall–Kier alpha value is -3.09. The summed E-state index contributed by atoms with van der Waals surface area (Å²) in [6.07, 6.45) is 0. The number of benzene rings is 2.